The van der Waals surface area contributed by atoms with Crippen molar-refractivity contribution in [2.75, 3.05) is 6.54 Å². The first-order valence-electron chi connectivity index (χ1n) is 4.91. The van der Waals surface area contributed by atoms with Crippen molar-refractivity contribution >= 4 is 0 Å². The molecule has 0 amide bonds. The van der Waals surface area contributed by atoms with Crippen molar-refractivity contribution in [2.24, 2.45) is 0 Å². The van der Waals surface area contributed by atoms with E-state index in [1.165, 1.54) is 6.42 Å². The second-order valence-electron chi connectivity index (χ2n) is 3.82. The number of aromatic nitrogens is 3. The van der Waals surface area contributed by atoms with Crippen molar-refractivity contribution in [2.45, 2.75) is 38.6 Å². The fourth-order valence-corrected chi connectivity index (χ4v) is 1.79. The first kappa shape index (κ1) is 8.69. The Morgan fingerprint density at radius 2 is 2.38 bits per heavy atom. The van der Waals surface area contributed by atoms with Crippen LogP contribution >= 0.6 is 0 Å². The van der Waals surface area contributed by atoms with Gasteiger partial charge in [-0.1, -0.05) is 6.92 Å². The third kappa shape index (κ3) is 1.46. The van der Waals surface area contributed by atoms with Gasteiger partial charge in [-0.05, 0) is 26.3 Å². The summed E-state index contributed by atoms with van der Waals surface area (Å²) in [6, 6.07) is 0. The molecule has 2 rings (SSSR count). The van der Waals surface area contributed by atoms with Crippen molar-refractivity contribution in [1.29, 1.82) is 0 Å². The lowest BCUT2D eigenvalue weighted by molar-refractivity contribution is 0.408. The first-order valence-corrected chi connectivity index (χ1v) is 4.91. The van der Waals surface area contributed by atoms with Crippen molar-refractivity contribution < 1.29 is 0 Å². The predicted molar refractivity (Wildman–Crippen MR) is 50.3 cm³/mol. The summed E-state index contributed by atoms with van der Waals surface area (Å²) in [6.07, 6.45) is 3.27. The molecule has 0 radical (unpaired) electrons. The van der Waals surface area contributed by atoms with E-state index in [1.54, 1.807) is 0 Å². The Kier molecular flexibility index (Phi) is 2.07. The van der Waals surface area contributed by atoms with Crippen LogP contribution in [0, 0.1) is 0 Å². The average molecular weight is 180 g/mol. The highest BCUT2D eigenvalue weighted by molar-refractivity contribution is 5.07. The molecule has 4 nitrogen and oxygen atoms in total. The van der Waals surface area contributed by atoms with Crippen LogP contribution in [0.25, 0.3) is 0 Å². The number of hydrogen-bond donors (Lipinski definition) is 2. The van der Waals surface area contributed by atoms with Crippen LogP contribution in [0.4, 0.5) is 0 Å². The van der Waals surface area contributed by atoms with Gasteiger partial charge < -0.3 is 5.32 Å². The van der Waals surface area contributed by atoms with Gasteiger partial charge in [0.15, 0.2) is 5.82 Å². The number of hydrogen-bond acceptors (Lipinski definition) is 3. The molecule has 0 bridgehead atoms. The number of rotatable bonds is 2. The number of nitrogens with zero attached hydrogens (tertiary/aromatic N) is 2. The number of aryl methyl sites for hydroxylation is 1. The molecule has 72 valence electrons. The van der Waals surface area contributed by atoms with Gasteiger partial charge in [0.25, 0.3) is 0 Å². The Balaban J connectivity index is 2.23. The van der Waals surface area contributed by atoms with E-state index in [2.05, 4.69) is 34.3 Å². The lowest BCUT2D eigenvalue weighted by atomic mass is 10.00. The van der Waals surface area contributed by atoms with Crippen LogP contribution < -0.4 is 5.32 Å². The van der Waals surface area contributed by atoms with E-state index in [0.717, 1.165) is 31.0 Å². The van der Waals surface area contributed by atoms with E-state index >= 15 is 0 Å². The standard InChI is InChI=1S/C9H16N4/c1-3-7-11-8(13-12-7)9(2)5-4-6-10-9/h10H,3-6H2,1-2H3,(H,11,12,13). The summed E-state index contributed by atoms with van der Waals surface area (Å²) in [6.45, 7) is 5.32. The smallest absolute Gasteiger partial charge is 0.170 e. The maximum Gasteiger partial charge on any atom is 0.170 e. The molecule has 1 aliphatic heterocycles. The van der Waals surface area contributed by atoms with E-state index in [9.17, 15) is 0 Å². The lowest BCUT2D eigenvalue weighted by Crippen LogP contribution is -2.34. The minimum absolute atomic E-state index is 0.00389. The Bertz CT molecular complexity index is 286. The van der Waals surface area contributed by atoms with Gasteiger partial charge >= 0.3 is 0 Å². The molecule has 1 atom stereocenters. The quantitative estimate of drug-likeness (QED) is 0.713. The van der Waals surface area contributed by atoms with Crippen LogP contribution in [0.3, 0.4) is 0 Å². The zero-order valence-electron chi connectivity index (χ0n) is 8.22. The van der Waals surface area contributed by atoms with Crippen LogP contribution in [-0.2, 0) is 12.0 Å². The first-order chi connectivity index (χ1) is 6.24. The lowest BCUT2D eigenvalue weighted by Gasteiger charge is -2.19. The van der Waals surface area contributed by atoms with Crippen molar-refractivity contribution in [3.05, 3.63) is 11.6 Å². The number of aromatic amines is 1. The normalized spacial score (nSPS) is 28.2. The van der Waals surface area contributed by atoms with Gasteiger partial charge in [0.1, 0.15) is 5.82 Å². The van der Waals surface area contributed by atoms with Crippen LogP contribution in [0.5, 0.6) is 0 Å². The Labute approximate surface area is 78.1 Å². The second-order valence-corrected chi connectivity index (χ2v) is 3.82. The molecule has 1 unspecified atom stereocenters. The SMILES string of the molecule is CCc1nc(C2(C)CCCN2)n[nH]1. The van der Waals surface area contributed by atoms with Crippen molar-refractivity contribution in [1.82, 2.24) is 20.5 Å². The molecule has 1 aromatic rings. The Hall–Kier alpha value is -0.900. The van der Waals surface area contributed by atoms with E-state index < -0.39 is 0 Å². The summed E-state index contributed by atoms with van der Waals surface area (Å²) in [7, 11) is 0. The summed E-state index contributed by atoms with van der Waals surface area (Å²) in [4.78, 5) is 4.45. The molecule has 0 aliphatic carbocycles. The zero-order chi connectivity index (χ0) is 9.31. The van der Waals surface area contributed by atoms with Crippen molar-refractivity contribution in [3.8, 4) is 0 Å². The van der Waals surface area contributed by atoms with Crippen LogP contribution in [0.15, 0.2) is 0 Å². The molecular formula is C9H16N4. The molecule has 1 aliphatic rings. The third-order valence-corrected chi connectivity index (χ3v) is 2.73. The molecule has 1 saturated heterocycles. The molecule has 0 aromatic carbocycles. The summed E-state index contributed by atoms with van der Waals surface area (Å²) >= 11 is 0. The molecule has 4 heteroatoms. The number of H-pyrrole nitrogens is 1. The fraction of sp³-hybridized carbons (Fsp3) is 0.778. The summed E-state index contributed by atoms with van der Waals surface area (Å²) in [5.74, 6) is 1.90. The van der Waals surface area contributed by atoms with E-state index in [0.29, 0.717) is 0 Å². The van der Waals surface area contributed by atoms with Crippen LogP contribution in [-0.4, -0.2) is 21.7 Å². The van der Waals surface area contributed by atoms with Crippen LogP contribution in [0.1, 0.15) is 38.3 Å². The second kappa shape index (κ2) is 3.10. The van der Waals surface area contributed by atoms with Gasteiger partial charge in [0.05, 0.1) is 5.54 Å². The van der Waals surface area contributed by atoms with Gasteiger partial charge in [0, 0.05) is 6.42 Å². The maximum absolute atomic E-state index is 4.45. The number of nitrogens with one attached hydrogen (secondary N) is 2. The summed E-state index contributed by atoms with van der Waals surface area (Å²) in [5, 5.41) is 10.6. The highest BCUT2D eigenvalue weighted by atomic mass is 15.2. The minimum atomic E-state index is 0.00389. The van der Waals surface area contributed by atoms with E-state index in [4.69, 9.17) is 0 Å². The summed E-state index contributed by atoms with van der Waals surface area (Å²) in [5.41, 5.74) is 0.00389. The molecule has 0 saturated carbocycles. The highest BCUT2D eigenvalue weighted by Crippen LogP contribution is 2.27. The van der Waals surface area contributed by atoms with Gasteiger partial charge in [0.2, 0.25) is 0 Å². The molecular weight excluding hydrogens is 164 g/mol. The fourth-order valence-electron chi connectivity index (χ4n) is 1.79. The molecule has 0 spiro atoms. The minimum Gasteiger partial charge on any atom is -0.305 e. The van der Waals surface area contributed by atoms with E-state index in [1.807, 2.05) is 0 Å². The monoisotopic (exact) mass is 180 g/mol. The van der Waals surface area contributed by atoms with Crippen molar-refractivity contribution in [3.63, 3.8) is 0 Å². The van der Waals surface area contributed by atoms with Gasteiger partial charge in [-0.25, -0.2) is 4.98 Å². The molecule has 13 heavy (non-hydrogen) atoms. The molecule has 1 aromatic heterocycles. The topological polar surface area (TPSA) is 53.6 Å². The van der Waals surface area contributed by atoms with Gasteiger partial charge in [-0.2, -0.15) is 5.10 Å². The van der Waals surface area contributed by atoms with Gasteiger partial charge in [-0.15, -0.1) is 0 Å². The Morgan fingerprint density at radius 3 is 2.92 bits per heavy atom. The van der Waals surface area contributed by atoms with E-state index in [-0.39, 0.29) is 5.54 Å². The maximum atomic E-state index is 4.45. The summed E-state index contributed by atoms with van der Waals surface area (Å²) < 4.78 is 0. The highest BCUT2D eigenvalue weighted by Gasteiger charge is 2.33. The molecule has 2 N–H and O–H groups in total. The average Bonchev–Trinajstić information content (AvgIpc) is 2.72. The molecule has 1 fully saturated rings. The third-order valence-electron chi connectivity index (χ3n) is 2.73. The van der Waals surface area contributed by atoms with Crippen LogP contribution in [0.2, 0.25) is 0 Å². The predicted octanol–water partition coefficient (Wildman–Crippen LogP) is 0.966. The molecule has 2 heterocycles. The largest absolute Gasteiger partial charge is 0.305 e. The Morgan fingerprint density at radius 1 is 1.54 bits per heavy atom. The zero-order valence-corrected chi connectivity index (χ0v) is 8.22. The van der Waals surface area contributed by atoms with Gasteiger partial charge in [-0.3, -0.25) is 5.10 Å².